The smallest absolute Gasteiger partial charge is 0.272 e. The molecule has 7 nitrogen and oxygen atoms in total. The van der Waals surface area contributed by atoms with Gasteiger partial charge in [-0.25, -0.2) is 4.98 Å². The van der Waals surface area contributed by atoms with Crippen molar-refractivity contribution in [3.8, 4) is 11.3 Å². The number of anilines is 2. The van der Waals surface area contributed by atoms with E-state index in [1.54, 1.807) is 54.6 Å². The molecule has 0 unspecified atom stereocenters. The molecular formula is C34H26Cl2N4O3S2. The third kappa shape index (κ3) is 9.06. The van der Waals surface area contributed by atoms with Gasteiger partial charge in [-0.2, -0.15) is 0 Å². The largest absolute Gasteiger partial charge is 0.321 e. The summed E-state index contributed by atoms with van der Waals surface area (Å²) in [5, 5.41) is 11.6. The normalized spacial score (nSPS) is 11.1. The first kappa shape index (κ1) is 32.0. The van der Waals surface area contributed by atoms with Crippen molar-refractivity contribution < 1.29 is 14.4 Å². The van der Waals surface area contributed by atoms with Crippen LogP contribution in [0.15, 0.2) is 113 Å². The van der Waals surface area contributed by atoms with Crippen LogP contribution in [-0.4, -0.2) is 28.5 Å². The van der Waals surface area contributed by atoms with E-state index in [2.05, 4.69) is 20.9 Å². The third-order valence-corrected chi connectivity index (χ3v) is 8.87. The van der Waals surface area contributed by atoms with Crippen LogP contribution in [0.25, 0.3) is 17.3 Å². The van der Waals surface area contributed by atoms with E-state index in [-0.39, 0.29) is 17.4 Å². The summed E-state index contributed by atoms with van der Waals surface area (Å²) >= 11 is 14.8. The standard InChI is InChI=1S/C34H26Cl2N4O3S2/c1-21-7-9-22(10-8-21)17-29(38-32(42)23-5-3-2-4-6-23)33(43)37-25-12-14-26(15-13-25)44-20-31(41)40-34-39-30(19-45-34)24-11-16-27(35)28(36)18-24/h2-19H,20H2,1H3,(H,37,43)(H,38,42)(H,39,40,41)/b29-17-. The number of carbonyl (C=O) groups is 3. The van der Waals surface area contributed by atoms with E-state index in [0.29, 0.717) is 32.1 Å². The number of aryl methyl sites for hydroxylation is 1. The molecule has 3 amide bonds. The number of thioether (sulfide) groups is 1. The molecule has 3 N–H and O–H groups in total. The molecule has 0 aliphatic heterocycles. The van der Waals surface area contributed by atoms with Crippen LogP contribution in [0.5, 0.6) is 0 Å². The number of halogens is 2. The van der Waals surface area contributed by atoms with Gasteiger partial charge < -0.3 is 16.0 Å². The molecule has 0 fully saturated rings. The summed E-state index contributed by atoms with van der Waals surface area (Å²) in [6.45, 7) is 1.98. The highest BCUT2D eigenvalue weighted by molar-refractivity contribution is 8.00. The number of hydrogen-bond donors (Lipinski definition) is 3. The maximum Gasteiger partial charge on any atom is 0.272 e. The van der Waals surface area contributed by atoms with Gasteiger partial charge in [-0.05, 0) is 67.1 Å². The highest BCUT2D eigenvalue weighted by atomic mass is 35.5. The molecule has 0 aliphatic carbocycles. The molecule has 1 heterocycles. The van der Waals surface area contributed by atoms with Gasteiger partial charge in [0, 0.05) is 27.1 Å². The van der Waals surface area contributed by atoms with Crippen molar-refractivity contribution in [2.45, 2.75) is 11.8 Å². The number of carbonyl (C=O) groups excluding carboxylic acids is 3. The van der Waals surface area contributed by atoms with Crippen LogP contribution in [0.4, 0.5) is 10.8 Å². The van der Waals surface area contributed by atoms with Crippen molar-refractivity contribution in [3.05, 3.63) is 135 Å². The Balaban J connectivity index is 1.18. The minimum absolute atomic E-state index is 0.104. The van der Waals surface area contributed by atoms with E-state index in [1.807, 2.05) is 60.8 Å². The fraction of sp³-hybridized carbons (Fsp3) is 0.0588. The lowest BCUT2D eigenvalue weighted by Crippen LogP contribution is -2.30. The maximum atomic E-state index is 13.3. The predicted octanol–water partition coefficient (Wildman–Crippen LogP) is 8.57. The second-order valence-electron chi connectivity index (χ2n) is 9.77. The van der Waals surface area contributed by atoms with E-state index < -0.39 is 11.8 Å². The van der Waals surface area contributed by atoms with Crippen molar-refractivity contribution in [1.82, 2.24) is 10.3 Å². The van der Waals surface area contributed by atoms with Crippen molar-refractivity contribution >= 4 is 80.9 Å². The first-order valence-electron chi connectivity index (χ1n) is 13.6. The number of aromatic nitrogens is 1. The topological polar surface area (TPSA) is 100 Å². The van der Waals surface area contributed by atoms with E-state index in [0.717, 1.165) is 21.6 Å². The summed E-state index contributed by atoms with van der Waals surface area (Å²) in [4.78, 5) is 44.0. The van der Waals surface area contributed by atoms with E-state index >= 15 is 0 Å². The molecule has 0 atom stereocenters. The molecular weight excluding hydrogens is 647 g/mol. The Kier molecular flexibility index (Phi) is 10.7. The number of rotatable bonds is 10. The van der Waals surface area contributed by atoms with Gasteiger partial charge in [-0.3, -0.25) is 14.4 Å². The summed E-state index contributed by atoms with van der Waals surface area (Å²) < 4.78 is 0. The van der Waals surface area contributed by atoms with Crippen molar-refractivity contribution in [3.63, 3.8) is 0 Å². The Morgan fingerprint density at radius 3 is 2.31 bits per heavy atom. The fourth-order valence-electron chi connectivity index (χ4n) is 4.03. The number of amides is 3. The van der Waals surface area contributed by atoms with Gasteiger partial charge in [0.25, 0.3) is 11.8 Å². The van der Waals surface area contributed by atoms with Gasteiger partial charge in [0.05, 0.1) is 21.5 Å². The molecule has 0 saturated carbocycles. The average molecular weight is 674 g/mol. The van der Waals surface area contributed by atoms with Gasteiger partial charge in [0.1, 0.15) is 5.70 Å². The van der Waals surface area contributed by atoms with Crippen LogP contribution < -0.4 is 16.0 Å². The summed E-state index contributed by atoms with van der Waals surface area (Å²) in [7, 11) is 0. The minimum Gasteiger partial charge on any atom is -0.321 e. The third-order valence-electron chi connectivity index (χ3n) is 6.37. The molecule has 226 valence electrons. The molecule has 5 aromatic rings. The Bertz CT molecular complexity index is 1860. The molecule has 45 heavy (non-hydrogen) atoms. The van der Waals surface area contributed by atoms with Gasteiger partial charge in [0.15, 0.2) is 5.13 Å². The molecule has 0 bridgehead atoms. The van der Waals surface area contributed by atoms with Gasteiger partial charge in [0.2, 0.25) is 5.91 Å². The zero-order valence-corrected chi connectivity index (χ0v) is 27.0. The lowest BCUT2D eigenvalue weighted by molar-refractivity contribution is -0.114. The number of nitrogens with one attached hydrogen (secondary N) is 3. The number of hydrogen-bond acceptors (Lipinski definition) is 6. The van der Waals surface area contributed by atoms with Crippen molar-refractivity contribution in [2.24, 2.45) is 0 Å². The van der Waals surface area contributed by atoms with Gasteiger partial charge in [-0.15, -0.1) is 23.1 Å². The zero-order valence-electron chi connectivity index (χ0n) is 23.8. The lowest BCUT2D eigenvalue weighted by Gasteiger charge is -2.12. The Morgan fingerprint density at radius 2 is 1.60 bits per heavy atom. The Morgan fingerprint density at radius 1 is 0.867 bits per heavy atom. The molecule has 0 aliphatic rings. The van der Waals surface area contributed by atoms with Crippen LogP contribution in [-0.2, 0) is 9.59 Å². The summed E-state index contributed by atoms with van der Waals surface area (Å²) in [6.07, 6.45) is 1.63. The monoisotopic (exact) mass is 672 g/mol. The van der Waals surface area contributed by atoms with Gasteiger partial charge >= 0.3 is 0 Å². The van der Waals surface area contributed by atoms with Crippen LogP contribution >= 0.6 is 46.3 Å². The summed E-state index contributed by atoms with van der Waals surface area (Å²) in [5.41, 5.74) is 4.43. The molecule has 1 aromatic heterocycles. The Hall–Kier alpha value is -4.41. The highest BCUT2D eigenvalue weighted by Crippen LogP contribution is 2.30. The molecule has 11 heteroatoms. The van der Waals surface area contributed by atoms with Crippen molar-refractivity contribution in [1.29, 1.82) is 0 Å². The maximum absolute atomic E-state index is 13.3. The van der Waals surface area contributed by atoms with Crippen LogP contribution in [0, 0.1) is 6.92 Å². The number of benzene rings is 4. The SMILES string of the molecule is Cc1ccc(/C=C(\NC(=O)c2ccccc2)C(=O)Nc2ccc(SCC(=O)Nc3nc(-c4ccc(Cl)c(Cl)c4)cs3)cc2)cc1. The first-order valence-corrected chi connectivity index (χ1v) is 16.3. The van der Waals surface area contributed by atoms with E-state index in [1.165, 1.54) is 23.1 Å². The highest BCUT2D eigenvalue weighted by Gasteiger charge is 2.16. The van der Waals surface area contributed by atoms with Gasteiger partial charge in [-0.1, -0.05) is 77.3 Å². The second kappa shape index (κ2) is 15.0. The lowest BCUT2D eigenvalue weighted by atomic mass is 10.1. The molecule has 0 spiro atoms. The summed E-state index contributed by atoms with van der Waals surface area (Å²) in [6, 6.07) is 28.7. The quantitative estimate of drug-likeness (QED) is 0.102. The van der Waals surface area contributed by atoms with E-state index in [9.17, 15) is 14.4 Å². The predicted molar refractivity (Wildman–Crippen MR) is 185 cm³/mol. The first-order chi connectivity index (χ1) is 21.7. The van der Waals surface area contributed by atoms with Crippen LogP contribution in [0.2, 0.25) is 10.0 Å². The number of nitrogens with zero attached hydrogens (tertiary/aromatic N) is 1. The second-order valence-corrected chi connectivity index (χ2v) is 12.5. The van der Waals surface area contributed by atoms with Crippen LogP contribution in [0.3, 0.4) is 0 Å². The molecule has 5 rings (SSSR count). The average Bonchev–Trinajstić information content (AvgIpc) is 3.51. The van der Waals surface area contributed by atoms with Crippen molar-refractivity contribution in [2.75, 3.05) is 16.4 Å². The fourth-order valence-corrected chi connectivity index (χ4v) is 5.76. The zero-order chi connectivity index (χ0) is 31.8. The summed E-state index contributed by atoms with van der Waals surface area (Å²) in [5.74, 6) is -0.893. The molecule has 0 radical (unpaired) electrons. The minimum atomic E-state index is -0.469. The Labute approximate surface area is 278 Å². The van der Waals surface area contributed by atoms with E-state index in [4.69, 9.17) is 23.2 Å². The van der Waals surface area contributed by atoms with Crippen LogP contribution in [0.1, 0.15) is 21.5 Å². The number of thiazole rings is 1. The molecule has 4 aromatic carbocycles. The molecule has 0 saturated heterocycles.